The van der Waals surface area contributed by atoms with Crippen LogP contribution in [0, 0.1) is 0 Å². The van der Waals surface area contributed by atoms with Crippen molar-refractivity contribution in [1.29, 1.82) is 0 Å². The second-order valence-corrected chi connectivity index (χ2v) is 4.89. The van der Waals surface area contributed by atoms with Gasteiger partial charge >= 0.3 is 5.97 Å². The minimum atomic E-state index is -0.188. The summed E-state index contributed by atoms with van der Waals surface area (Å²) in [6.45, 7) is 1.14. The van der Waals surface area contributed by atoms with E-state index < -0.39 is 0 Å². The number of hydrogen-bond donors (Lipinski definition) is 1. The molecule has 4 nitrogen and oxygen atoms in total. The summed E-state index contributed by atoms with van der Waals surface area (Å²) in [6, 6.07) is 0.408. The first-order valence-electron chi connectivity index (χ1n) is 6.18. The fraction of sp³-hybridized carbons (Fsp3) is 0.917. The second kappa shape index (κ2) is 5.15. The van der Waals surface area contributed by atoms with Gasteiger partial charge in [-0.1, -0.05) is 12.8 Å². The lowest BCUT2D eigenvalue weighted by atomic mass is 9.89. The number of carbonyl (C=O) groups is 1. The van der Waals surface area contributed by atoms with Crippen LogP contribution in [0.4, 0.5) is 0 Å². The molecule has 2 fully saturated rings. The van der Waals surface area contributed by atoms with E-state index in [1.165, 1.54) is 32.8 Å². The molecule has 1 saturated heterocycles. The monoisotopic (exact) mass is 227 g/mol. The smallest absolute Gasteiger partial charge is 0.319 e. The van der Waals surface area contributed by atoms with Gasteiger partial charge in [0, 0.05) is 12.6 Å². The molecule has 0 amide bonds. The van der Waals surface area contributed by atoms with Gasteiger partial charge in [0.15, 0.2) is 0 Å². The van der Waals surface area contributed by atoms with Gasteiger partial charge in [0.2, 0.25) is 0 Å². The van der Waals surface area contributed by atoms with Crippen molar-refractivity contribution >= 4 is 5.97 Å². The third-order valence-electron chi connectivity index (χ3n) is 3.77. The Balaban J connectivity index is 1.80. The van der Waals surface area contributed by atoms with E-state index in [-0.39, 0.29) is 11.6 Å². The lowest BCUT2D eigenvalue weighted by molar-refractivity contribution is -0.140. The van der Waals surface area contributed by atoms with Crippen LogP contribution in [0.15, 0.2) is 0 Å². The molecule has 16 heavy (non-hydrogen) atoms. The molecule has 2 aliphatic rings. The number of hydrogen-bond acceptors (Lipinski definition) is 4. The summed E-state index contributed by atoms with van der Waals surface area (Å²) in [7, 11) is 1.42. The van der Waals surface area contributed by atoms with Crippen LogP contribution in [0.1, 0.15) is 38.5 Å². The van der Waals surface area contributed by atoms with E-state index >= 15 is 0 Å². The van der Waals surface area contributed by atoms with Crippen LogP contribution in [-0.4, -0.2) is 37.9 Å². The molecule has 1 aliphatic carbocycles. The van der Waals surface area contributed by atoms with Gasteiger partial charge in [0.25, 0.3) is 0 Å². The highest BCUT2D eigenvalue weighted by molar-refractivity contribution is 5.71. The van der Waals surface area contributed by atoms with Crippen LogP contribution >= 0.6 is 0 Å². The molecular formula is C12H21NO3. The van der Waals surface area contributed by atoms with E-state index in [4.69, 9.17) is 4.74 Å². The van der Waals surface area contributed by atoms with Gasteiger partial charge in [-0.15, -0.1) is 0 Å². The highest BCUT2D eigenvalue weighted by Crippen LogP contribution is 2.39. The summed E-state index contributed by atoms with van der Waals surface area (Å²) in [5.74, 6) is -0.188. The summed E-state index contributed by atoms with van der Waals surface area (Å²) in [6.07, 6.45) is 6.98. The molecule has 1 aliphatic heterocycles. The Morgan fingerprint density at radius 1 is 1.50 bits per heavy atom. The molecule has 1 unspecified atom stereocenters. The lowest BCUT2D eigenvalue weighted by Gasteiger charge is -2.38. The highest BCUT2D eigenvalue weighted by Gasteiger charge is 2.39. The summed E-state index contributed by atoms with van der Waals surface area (Å²) in [5.41, 5.74) is 0.117. The van der Waals surface area contributed by atoms with E-state index in [0.29, 0.717) is 12.6 Å². The van der Waals surface area contributed by atoms with Crippen LogP contribution in [0.25, 0.3) is 0 Å². The van der Waals surface area contributed by atoms with Gasteiger partial charge in [-0.05, 0) is 25.7 Å². The molecule has 0 aromatic heterocycles. The molecule has 0 aromatic carbocycles. The zero-order valence-corrected chi connectivity index (χ0v) is 9.96. The van der Waals surface area contributed by atoms with Crippen molar-refractivity contribution in [2.24, 2.45) is 0 Å². The maximum Gasteiger partial charge on any atom is 0.319 e. The number of rotatable bonds is 3. The lowest BCUT2D eigenvalue weighted by Crippen LogP contribution is -2.46. The Kier molecular flexibility index (Phi) is 3.82. The number of carbonyl (C=O) groups excluding carboxylic acids is 1. The third-order valence-corrected chi connectivity index (χ3v) is 3.77. The molecule has 1 atom stereocenters. The van der Waals surface area contributed by atoms with E-state index in [1.54, 1.807) is 0 Å². The van der Waals surface area contributed by atoms with E-state index in [2.05, 4.69) is 10.1 Å². The molecule has 0 radical (unpaired) electrons. The molecule has 0 bridgehead atoms. The minimum Gasteiger partial charge on any atom is -0.468 e. The normalized spacial score (nSPS) is 28.2. The molecule has 1 N–H and O–H groups in total. The van der Waals surface area contributed by atoms with Gasteiger partial charge in [0.1, 0.15) is 0 Å². The first kappa shape index (κ1) is 11.9. The largest absolute Gasteiger partial charge is 0.468 e. The topological polar surface area (TPSA) is 47.6 Å². The van der Waals surface area contributed by atoms with Crippen molar-refractivity contribution in [3.05, 3.63) is 0 Å². The predicted octanol–water partition coefficient (Wildman–Crippen LogP) is 1.24. The van der Waals surface area contributed by atoms with Crippen molar-refractivity contribution in [3.8, 4) is 0 Å². The van der Waals surface area contributed by atoms with Crippen LogP contribution in [0.3, 0.4) is 0 Å². The average molecular weight is 227 g/mol. The number of esters is 1. The molecule has 2 rings (SSSR count). The van der Waals surface area contributed by atoms with Crippen LogP contribution < -0.4 is 5.32 Å². The molecule has 0 aromatic rings. The fourth-order valence-corrected chi connectivity index (χ4v) is 2.87. The number of ether oxygens (including phenoxy) is 2. The van der Waals surface area contributed by atoms with E-state index in [1.807, 2.05) is 0 Å². The van der Waals surface area contributed by atoms with Crippen LogP contribution in [0.2, 0.25) is 0 Å². The zero-order valence-electron chi connectivity index (χ0n) is 9.96. The maximum atomic E-state index is 11.1. The Bertz CT molecular complexity index is 249. The SMILES string of the molecule is COC(=O)CNC1CCOC2(CCCC2)C1. The standard InChI is InChI=1S/C12H21NO3/c1-15-11(14)9-13-10-4-7-16-12(8-10)5-2-3-6-12/h10,13H,2-9H2,1H3. The summed E-state index contributed by atoms with van der Waals surface area (Å²) < 4.78 is 10.6. The van der Waals surface area contributed by atoms with Gasteiger partial charge in [-0.25, -0.2) is 0 Å². The molecule has 1 heterocycles. The fourth-order valence-electron chi connectivity index (χ4n) is 2.87. The molecular weight excluding hydrogens is 206 g/mol. The van der Waals surface area contributed by atoms with Gasteiger partial charge in [-0.3, -0.25) is 4.79 Å². The average Bonchev–Trinajstić information content (AvgIpc) is 2.74. The summed E-state index contributed by atoms with van der Waals surface area (Å²) in [4.78, 5) is 11.1. The van der Waals surface area contributed by atoms with Crippen LogP contribution in [0.5, 0.6) is 0 Å². The molecule has 1 saturated carbocycles. The maximum absolute atomic E-state index is 11.1. The first-order chi connectivity index (χ1) is 7.74. The molecule has 92 valence electrons. The van der Waals surface area contributed by atoms with Crippen molar-refractivity contribution in [3.63, 3.8) is 0 Å². The van der Waals surface area contributed by atoms with Crippen molar-refractivity contribution < 1.29 is 14.3 Å². The Morgan fingerprint density at radius 3 is 2.94 bits per heavy atom. The highest BCUT2D eigenvalue weighted by atomic mass is 16.5. The Labute approximate surface area is 96.7 Å². The number of nitrogens with one attached hydrogen (secondary N) is 1. The zero-order chi connectivity index (χ0) is 11.4. The van der Waals surface area contributed by atoms with Crippen molar-refractivity contribution in [2.75, 3.05) is 20.3 Å². The Morgan fingerprint density at radius 2 is 2.25 bits per heavy atom. The van der Waals surface area contributed by atoms with Gasteiger partial charge in [0.05, 0.1) is 19.3 Å². The van der Waals surface area contributed by atoms with E-state index in [9.17, 15) is 4.79 Å². The Hall–Kier alpha value is -0.610. The second-order valence-electron chi connectivity index (χ2n) is 4.89. The summed E-state index contributed by atoms with van der Waals surface area (Å²) in [5, 5.41) is 3.27. The quantitative estimate of drug-likeness (QED) is 0.737. The first-order valence-corrected chi connectivity index (χ1v) is 6.18. The van der Waals surface area contributed by atoms with Gasteiger partial charge in [-0.2, -0.15) is 0 Å². The van der Waals surface area contributed by atoms with Crippen molar-refractivity contribution in [1.82, 2.24) is 5.32 Å². The van der Waals surface area contributed by atoms with Gasteiger partial charge < -0.3 is 14.8 Å². The minimum absolute atomic E-state index is 0.117. The predicted molar refractivity (Wildman–Crippen MR) is 60.2 cm³/mol. The molecule has 1 spiro atoms. The summed E-state index contributed by atoms with van der Waals surface area (Å²) >= 11 is 0. The number of methoxy groups -OCH3 is 1. The van der Waals surface area contributed by atoms with E-state index in [0.717, 1.165) is 19.4 Å². The molecule has 4 heteroatoms. The third kappa shape index (κ3) is 2.74. The van der Waals surface area contributed by atoms with Crippen molar-refractivity contribution in [2.45, 2.75) is 50.2 Å². The van der Waals surface area contributed by atoms with Crippen LogP contribution in [-0.2, 0) is 14.3 Å².